The summed E-state index contributed by atoms with van der Waals surface area (Å²) in [6.07, 6.45) is 1.97. The van der Waals surface area contributed by atoms with E-state index in [0.717, 1.165) is 22.4 Å². The highest BCUT2D eigenvalue weighted by Gasteiger charge is 2.14. The van der Waals surface area contributed by atoms with Crippen LogP contribution in [0.4, 0.5) is 4.39 Å². The van der Waals surface area contributed by atoms with Gasteiger partial charge in [0, 0.05) is 29.3 Å². The van der Waals surface area contributed by atoms with Crippen molar-refractivity contribution in [3.63, 3.8) is 0 Å². The van der Waals surface area contributed by atoms with Crippen molar-refractivity contribution < 1.29 is 13.9 Å². The van der Waals surface area contributed by atoms with E-state index < -0.39 is 0 Å². The van der Waals surface area contributed by atoms with Gasteiger partial charge in [0.15, 0.2) is 0 Å². The second-order valence-corrected chi connectivity index (χ2v) is 5.76. The molecule has 4 heteroatoms. The van der Waals surface area contributed by atoms with E-state index in [1.165, 1.54) is 6.07 Å². The van der Waals surface area contributed by atoms with Gasteiger partial charge < -0.3 is 14.0 Å². The zero-order valence-corrected chi connectivity index (χ0v) is 13.5. The molecule has 0 aliphatic carbocycles. The van der Waals surface area contributed by atoms with Gasteiger partial charge in [0.2, 0.25) is 0 Å². The summed E-state index contributed by atoms with van der Waals surface area (Å²) in [5, 5.41) is 0.890. The molecule has 1 heterocycles. The molecule has 0 unspecified atom stereocenters. The first-order chi connectivity index (χ1) is 11.1. The molecule has 0 N–H and O–H groups in total. The molecule has 0 bridgehead atoms. The molecule has 0 spiro atoms. The molecule has 1 aromatic heterocycles. The number of ether oxygens (including phenoxy) is 2. The number of halogens is 1. The quantitative estimate of drug-likeness (QED) is 0.665. The van der Waals surface area contributed by atoms with Crippen molar-refractivity contribution in [2.24, 2.45) is 0 Å². The minimum absolute atomic E-state index is 0.181. The normalized spacial score (nSPS) is 11.2. The van der Waals surface area contributed by atoms with Crippen LogP contribution in [0.2, 0.25) is 0 Å². The van der Waals surface area contributed by atoms with Crippen molar-refractivity contribution in [3.8, 4) is 11.5 Å². The van der Waals surface area contributed by atoms with Crippen LogP contribution in [-0.4, -0.2) is 11.7 Å². The highest BCUT2D eigenvalue weighted by molar-refractivity contribution is 5.84. The van der Waals surface area contributed by atoms with Gasteiger partial charge in [-0.1, -0.05) is 18.2 Å². The van der Waals surface area contributed by atoms with Gasteiger partial charge in [0.05, 0.1) is 12.6 Å². The molecule has 0 atom stereocenters. The molecule has 0 radical (unpaired) electrons. The van der Waals surface area contributed by atoms with Gasteiger partial charge in [-0.15, -0.1) is 0 Å². The summed E-state index contributed by atoms with van der Waals surface area (Å²) >= 11 is 0. The fourth-order valence-electron chi connectivity index (χ4n) is 2.71. The van der Waals surface area contributed by atoms with Crippen LogP contribution in [0.25, 0.3) is 10.9 Å². The van der Waals surface area contributed by atoms with Crippen LogP contribution in [0.15, 0.2) is 48.7 Å². The molecule has 120 valence electrons. The van der Waals surface area contributed by atoms with Crippen molar-refractivity contribution in [3.05, 3.63) is 60.0 Å². The standard InChI is InChI=1S/C19H20FNO2/c1-13(2)21-11-14(17-8-5-9-18(20)19(17)21)12-23-16-7-4-6-15(10-16)22-3/h4-11,13H,12H2,1-3H3. The summed E-state index contributed by atoms with van der Waals surface area (Å²) in [4.78, 5) is 0. The van der Waals surface area contributed by atoms with Crippen molar-refractivity contribution in [1.29, 1.82) is 0 Å². The van der Waals surface area contributed by atoms with E-state index in [0.29, 0.717) is 12.1 Å². The van der Waals surface area contributed by atoms with Gasteiger partial charge in [-0.05, 0) is 32.0 Å². The van der Waals surface area contributed by atoms with Crippen LogP contribution in [0, 0.1) is 5.82 Å². The topological polar surface area (TPSA) is 23.4 Å². The fraction of sp³-hybridized carbons (Fsp3) is 0.263. The zero-order valence-electron chi connectivity index (χ0n) is 13.5. The lowest BCUT2D eigenvalue weighted by atomic mass is 10.2. The third kappa shape index (κ3) is 3.02. The molecular formula is C19H20FNO2. The van der Waals surface area contributed by atoms with Crippen molar-refractivity contribution in [1.82, 2.24) is 4.57 Å². The number of fused-ring (bicyclic) bond motifs is 1. The van der Waals surface area contributed by atoms with Crippen LogP contribution in [0.5, 0.6) is 11.5 Å². The van der Waals surface area contributed by atoms with Crippen LogP contribution < -0.4 is 9.47 Å². The first-order valence-electron chi connectivity index (χ1n) is 7.65. The molecule has 0 amide bonds. The van der Waals surface area contributed by atoms with E-state index >= 15 is 0 Å². The lowest BCUT2D eigenvalue weighted by molar-refractivity contribution is 0.304. The Morgan fingerprint density at radius 3 is 2.57 bits per heavy atom. The maximum Gasteiger partial charge on any atom is 0.147 e. The average molecular weight is 313 g/mol. The van der Waals surface area contributed by atoms with Crippen LogP contribution in [0.1, 0.15) is 25.5 Å². The Kier molecular flexibility index (Phi) is 4.24. The van der Waals surface area contributed by atoms with Gasteiger partial charge in [0.1, 0.15) is 23.9 Å². The van der Waals surface area contributed by atoms with E-state index in [1.807, 2.05) is 54.9 Å². The summed E-state index contributed by atoms with van der Waals surface area (Å²) in [7, 11) is 1.62. The molecule has 3 nitrogen and oxygen atoms in total. The number of hydrogen-bond acceptors (Lipinski definition) is 2. The number of rotatable bonds is 5. The number of benzene rings is 2. The van der Waals surface area contributed by atoms with E-state index in [4.69, 9.17) is 9.47 Å². The zero-order chi connectivity index (χ0) is 16.4. The Labute approximate surface area is 135 Å². The Morgan fingerprint density at radius 2 is 1.83 bits per heavy atom. The molecule has 0 saturated heterocycles. The Balaban J connectivity index is 1.92. The van der Waals surface area contributed by atoms with E-state index in [2.05, 4.69) is 0 Å². The van der Waals surface area contributed by atoms with E-state index in [9.17, 15) is 4.39 Å². The maximum absolute atomic E-state index is 14.2. The van der Waals surface area contributed by atoms with E-state index in [1.54, 1.807) is 13.2 Å². The molecule has 2 aromatic carbocycles. The summed E-state index contributed by atoms with van der Waals surface area (Å²) in [5.41, 5.74) is 1.60. The van der Waals surface area contributed by atoms with Crippen LogP contribution in [-0.2, 0) is 6.61 Å². The molecule has 3 aromatic rings. The van der Waals surface area contributed by atoms with Crippen molar-refractivity contribution in [2.75, 3.05) is 7.11 Å². The van der Waals surface area contributed by atoms with Gasteiger partial charge >= 0.3 is 0 Å². The van der Waals surface area contributed by atoms with E-state index in [-0.39, 0.29) is 11.9 Å². The maximum atomic E-state index is 14.2. The van der Waals surface area contributed by atoms with Crippen LogP contribution in [0.3, 0.4) is 0 Å². The Hall–Kier alpha value is -2.49. The van der Waals surface area contributed by atoms with Gasteiger partial charge in [0.25, 0.3) is 0 Å². The summed E-state index contributed by atoms with van der Waals surface area (Å²) in [5.74, 6) is 1.27. The predicted molar refractivity (Wildman–Crippen MR) is 89.6 cm³/mol. The van der Waals surface area contributed by atoms with Crippen molar-refractivity contribution in [2.45, 2.75) is 26.5 Å². The number of hydrogen-bond donors (Lipinski definition) is 0. The third-order valence-corrected chi connectivity index (χ3v) is 3.88. The second-order valence-electron chi connectivity index (χ2n) is 5.76. The largest absolute Gasteiger partial charge is 0.497 e. The predicted octanol–water partition coefficient (Wildman–Crippen LogP) is 4.95. The highest BCUT2D eigenvalue weighted by atomic mass is 19.1. The highest BCUT2D eigenvalue weighted by Crippen LogP contribution is 2.28. The molecule has 0 aliphatic rings. The molecule has 0 aliphatic heterocycles. The van der Waals surface area contributed by atoms with Gasteiger partial charge in [-0.3, -0.25) is 0 Å². The summed E-state index contributed by atoms with van der Waals surface area (Å²) < 4.78 is 27.2. The van der Waals surface area contributed by atoms with Gasteiger partial charge in [-0.2, -0.15) is 0 Å². The molecular weight excluding hydrogens is 293 g/mol. The smallest absolute Gasteiger partial charge is 0.147 e. The Morgan fingerprint density at radius 1 is 1.09 bits per heavy atom. The number of methoxy groups -OCH3 is 1. The first kappa shape index (κ1) is 15.4. The second kappa shape index (κ2) is 6.32. The number of nitrogens with zero attached hydrogens (tertiary/aromatic N) is 1. The first-order valence-corrected chi connectivity index (χ1v) is 7.65. The summed E-state index contributed by atoms with van der Waals surface area (Å²) in [6, 6.07) is 12.8. The lowest BCUT2D eigenvalue weighted by Crippen LogP contribution is -2.00. The fourth-order valence-corrected chi connectivity index (χ4v) is 2.71. The van der Waals surface area contributed by atoms with Gasteiger partial charge in [-0.25, -0.2) is 4.39 Å². The average Bonchev–Trinajstić information content (AvgIpc) is 2.94. The van der Waals surface area contributed by atoms with Crippen molar-refractivity contribution >= 4 is 10.9 Å². The number of para-hydroxylation sites is 1. The molecule has 0 saturated carbocycles. The third-order valence-electron chi connectivity index (χ3n) is 3.88. The SMILES string of the molecule is COc1cccc(OCc2cn(C(C)C)c3c(F)cccc23)c1. The monoisotopic (exact) mass is 313 g/mol. The summed E-state index contributed by atoms with van der Waals surface area (Å²) in [6.45, 7) is 4.46. The minimum atomic E-state index is -0.205. The lowest BCUT2D eigenvalue weighted by Gasteiger charge is -2.09. The van der Waals surface area contributed by atoms with Crippen LogP contribution >= 0.6 is 0 Å². The Bertz CT molecular complexity index is 823. The molecule has 23 heavy (non-hydrogen) atoms. The molecule has 3 rings (SSSR count). The molecule has 0 fully saturated rings. The minimum Gasteiger partial charge on any atom is -0.497 e. The number of aromatic nitrogens is 1.